The molecule has 0 saturated carbocycles. The number of nitrogens with two attached hydrogens (primary N) is 1. The maximum atomic E-state index is 9.87. The van der Waals surface area contributed by atoms with E-state index in [0.29, 0.717) is 25.5 Å². The summed E-state index contributed by atoms with van der Waals surface area (Å²) in [7, 11) is 3.47. The van der Waals surface area contributed by atoms with E-state index in [9.17, 15) is 5.11 Å². The van der Waals surface area contributed by atoms with Crippen molar-refractivity contribution in [3.8, 4) is 23.0 Å². The lowest BCUT2D eigenvalue weighted by Crippen LogP contribution is -2.34. The summed E-state index contributed by atoms with van der Waals surface area (Å²) in [5, 5.41) is 9.87. The molecule has 6 heteroatoms. The summed E-state index contributed by atoms with van der Waals surface area (Å²) in [6, 6.07) is 8.90. The van der Waals surface area contributed by atoms with Crippen LogP contribution in [0.4, 0.5) is 0 Å². The molecular formula is C16H21N2O4+. The molecule has 1 heterocycles. The lowest BCUT2D eigenvalue weighted by Gasteiger charge is -2.09. The molecule has 2 aromatic rings. The van der Waals surface area contributed by atoms with Crippen molar-refractivity contribution >= 4 is 0 Å². The highest BCUT2D eigenvalue weighted by atomic mass is 16.5. The molecule has 2 rings (SSSR count). The number of aryl methyl sites for hydroxylation is 1. The number of ether oxygens (including phenoxy) is 3. The zero-order chi connectivity index (χ0) is 15.9. The van der Waals surface area contributed by atoms with Gasteiger partial charge in [-0.25, -0.2) is 4.57 Å². The summed E-state index contributed by atoms with van der Waals surface area (Å²) < 4.78 is 18.0. The first kappa shape index (κ1) is 15.9. The summed E-state index contributed by atoms with van der Waals surface area (Å²) >= 11 is 0. The second kappa shape index (κ2) is 7.51. The SMILES string of the molecule is COc1ccc(OCCOc2c[n+](C)c(CN)cc2O)cc1. The van der Waals surface area contributed by atoms with Crippen LogP contribution >= 0.6 is 0 Å². The maximum Gasteiger partial charge on any atom is 0.225 e. The first-order valence-corrected chi connectivity index (χ1v) is 6.95. The molecule has 0 spiro atoms. The monoisotopic (exact) mass is 305 g/mol. The molecule has 0 saturated heterocycles. The highest BCUT2D eigenvalue weighted by molar-refractivity contribution is 5.35. The number of nitrogens with zero attached hydrogens (tertiary/aromatic N) is 1. The average molecular weight is 305 g/mol. The summed E-state index contributed by atoms with van der Waals surface area (Å²) in [5.74, 6) is 1.99. The Morgan fingerprint density at radius 1 is 1.09 bits per heavy atom. The van der Waals surface area contributed by atoms with Gasteiger partial charge in [0, 0.05) is 0 Å². The number of benzene rings is 1. The highest BCUT2D eigenvalue weighted by Gasteiger charge is 2.13. The van der Waals surface area contributed by atoms with Gasteiger partial charge in [0.25, 0.3) is 0 Å². The fourth-order valence-corrected chi connectivity index (χ4v) is 1.95. The summed E-state index contributed by atoms with van der Waals surface area (Å²) in [6.45, 7) is 1.04. The van der Waals surface area contributed by atoms with Gasteiger partial charge in [0.05, 0.1) is 19.7 Å². The molecule has 0 fully saturated rings. The van der Waals surface area contributed by atoms with Gasteiger partial charge in [0.15, 0.2) is 11.4 Å². The zero-order valence-corrected chi connectivity index (χ0v) is 12.8. The van der Waals surface area contributed by atoms with Crippen molar-refractivity contribution in [3.63, 3.8) is 0 Å². The van der Waals surface area contributed by atoms with Gasteiger partial charge >= 0.3 is 0 Å². The minimum absolute atomic E-state index is 0.0722. The Bertz CT molecular complexity index is 614. The number of aromatic nitrogens is 1. The molecule has 6 nitrogen and oxygen atoms in total. The van der Waals surface area contributed by atoms with Gasteiger partial charge in [-0.05, 0) is 24.3 Å². The third-order valence-electron chi connectivity index (χ3n) is 3.20. The van der Waals surface area contributed by atoms with Crippen molar-refractivity contribution < 1.29 is 23.9 Å². The third kappa shape index (κ3) is 4.02. The normalized spacial score (nSPS) is 10.3. The Hall–Kier alpha value is -2.47. The van der Waals surface area contributed by atoms with Crippen LogP contribution < -0.4 is 24.5 Å². The predicted molar refractivity (Wildman–Crippen MR) is 81.2 cm³/mol. The predicted octanol–water partition coefficient (Wildman–Crippen LogP) is 1.14. The van der Waals surface area contributed by atoms with Gasteiger partial charge in [-0.2, -0.15) is 0 Å². The topological polar surface area (TPSA) is 77.8 Å². The number of aromatic hydroxyl groups is 1. The Morgan fingerprint density at radius 3 is 2.36 bits per heavy atom. The van der Waals surface area contributed by atoms with Gasteiger partial charge in [-0.1, -0.05) is 0 Å². The fourth-order valence-electron chi connectivity index (χ4n) is 1.95. The van der Waals surface area contributed by atoms with Crippen LogP contribution in [0.3, 0.4) is 0 Å². The fraction of sp³-hybridized carbons (Fsp3) is 0.312. The quantitative estimate of drug-likeness (QED) is 0.592. The molecule has 0 unspecified atom stereocenters. The summed E-state index contributed by atoms with van der Waals surface area (Å²) in [4.78, 5) is 0. The van der Waals surface area contributed by atoms with Gasteiger partial charge < -0.3 is 25.1 Å². The van der Waals surface area contributed by atoms with E-state index in [2.05, 4.69) is 0 Å². The zero-order valence-electron chi connectivity index (χ0n) is 12.8. The minimum atomic E-state index is 0.0722. The van der Waals surface area contributed by atoms with E-state index in [1.807, 2.05) is 35.9 Å². The molecular weight excluding hydrogens is 284 g/mol. The number of pyridine rings is 1. The largest absolute Gasteiger partial charge is 0.504 e. The van der Waals surface area contributed by atoms with Crippen molar-refractivity contribution in [1.29, 1.82) is 0 Å². The summed E-state index contributed by atoms with van der Waals surface area (Å²) in [5.41, 5.74) is 6.39. The van der Waals surface area contributed by atoms with Crippen LogP contribution in [0.5, 0.6) is 23.0 Å². The second-order valence-electron chi connectivity index (χ2n) is 4.70. The molecule has 118 valence electrons. The van der Waals surface area contributed by atoms with E-state index in [1.54, 1.807) is 19.4 Å². The van der Waals surface area contributed by atoms with E-state index < -0.39 is 0 Å². The minimum Gasteiger partial charge on any atom is -0.504 e. The number of methoxy groups -OCH3 is 1. The van der Waals surface area contributed by atoms with Crippen molar-refractivity contribution in [2.24, 2.45) is 12.8 Å². The number of hydrogen-bond acceptors (Lipinski definition) is 5. The first-order valence-electron chi connectivity index (χ1n) is 6.95. The maximum absolute atomic E-state index is 9.87. The van der Waals surface area contributed by atoms with Crippen LogP contribution in [-0.2, 0) is 13.6 Å². The standard InChI is InChI=1S/C16H20N2O4/c1-18-11-16(15(19)9-12(18)10-17)22-8-7-21-14-5-3-13(20-2)4-6-14/h3-6,9,11H,7-8,10,17H2,1-2H3/p+1. The number of hydrogen-bond donors (Lipinski definition) is 2. The molecule has 0 bridgehead atoms. The van der Waals surface area contributed by atoms with Crippen molar-refractivity contribution in [3.05, 3.63) is 42.2 Å². The molecule has 22 heavy (non-hydrogen) atoms. The van der Waals surface area contributed by atoms with Crippen LogP contribution in [0.1, 0.15) is 5.69 Å². The first-order chi connectivity index (χ1) is 10.6. The Balaban J connectivity index is 1.84. The Kier molecular flexibility index (Phi) is 5.43. The molecule has 0 aliphatic carbocycles. The molecule has 0 radical (unpaired) electrons. The molecule has 1 aromatic heterocycles. The number of rotatable bonds is 7. The summed E-state index contributed by atoms with van der Waals surface area (Å²) in [6.07, 6.45) is 1.70. The second-order valence-corrected chi connectivity index (χ2v) is 4.70. The van der Waals surface area contributed by atoms with E-state index in [4.69, 9.17) is 19.9 Å². The van der Waals surface area contributed by atoms with Crippen LogP contribution in [0.15, 0.2) is 36.5 Å². The van der Waals surface area contributed by atoms with Crippen LogP contribution in [0.2, 0.25) is 0 Å². The van der Waals surface area contributed by atoms with E-state index in [0.717, 1.165) is 17.2 Å². The van der Waals surface area contributed by atoms with Crippen LogP contribution in [0.25, 0.3) is 0 Å². The Morgan fingerprint density at radius 2 is 1.73 bits per heavy atom. The lowest BCUT2D eigenvalue weighted by molar-refractivity contribution is -0.679. The van der Waals surface area contributed by atoms with Crippen molar-refractivity contribution in [2.45, 2.75) is 6.54 Å². The molecule has 0 atom stereocenters. The average Bonchev–Trinajstić information content (AvgIpc) is 2.54. The smallest absolute Gasteiger partial charge is 0.225 e. The lowest BCUT2D eigenvalue weighted by atomic mass is 10.3. The molecule has 1 aromatic carbocycles. The molecule has 3 N–H and O–H groups in total. The van der Waals surface area contributed by atoms with Gasteiger partial charge in [0.1, 0.15) is 31.8 Å². The molecule has 0 aliphatic heterocycles. The van der Waals surface area contributed by atoms with Crippen LogP contribution in [0, 0.1) is 0 Å². The van der Waals surface area contributed by atoms with E-state index in [-0.39, 0.29) is 5.75 Å². The van der Waals surface area contributed by atoms with Gasteiger partial charge in [-0.3, -0.25) is 0 Å². The van der Waals surface area contributed by atoms with Crippen molar-refractivity contribution in [2.75, 3.05) is 20.3 Å². The van der Waals surface area contributed by atoms with Gasteiger partial charge in [-0.15, -0.1) is 0 Å². The van der Waals surface area contributed by atoms with Crippen molar-refractivity contribution in [1.82, 2.24) is 0 Å². The van der Waals surface area contributed by atoms with Gasteiger partial charge in [0.2, 0.25) is 11.9 Å². The van der Waals surface area contributed by atoms with E-state index in [1.165, 1.54) is 0 Å². The third-order valence-corrected chi connectivity index (χ3v) is 3.20. The Labute approximate surface area is 129 Å². The van der Waals surface area contributed by atoms with Crippen LogP contribution in [-0.4, -0.2) is 25.4 Å². The molecule has 0 aliphatic rings. The molecule has 0 amide bonds. The van der Waals surface area contributed by atoms with E-state index >= 15 is 0 Å². The highest BCUT2D eigenvalue weighted by Crippen LogP contribution is 2.24.